The molecule has 1 atom stereocenters. The van der Waals surface area contributed by atoms with Crippen molar-refractivity contribution in [2.24, 2.45) is 0 Å². The molecule has 0 aliphatic carbocycles. The first-order valence-electron chi connectivity index (χ1n) is 4.84. The summed E-state index contributed by atoms with van der Waals surface area (Å²) in [6, 6.07) is 4.61. The first-order valence-corrected chi connectivity index (χ1v) is 4.84. The molecule has 0 amide bonds. The molecule has 1 fully saturated rings. The molecule has 1 aliphatic heterocycles. The smallest absolute Gasteiger partial charge is 0.105 e. The van der Waals surface area contributed by atoms with Gasteiger partial charge in [0.25, 0.3) is 0 Å². The number of piperazine rings is 1. The topological polar surface area (TPSA) is 37.2 Å². The van der Waals surface area contributed by atoms with Crippen molar-refractivity contribution < 1.29 is 4.42 Å². The maximum atomic E-state index is 5.52. The highest BCUT2D eigenvalue weighted by atomic mass is 16.3. The molecular formula is C10H16N2O. The molecule has 1 unspecified atom stereocenters. The van der Waals surface area contributed by atoms with E-state index in [1.807, 2.05) is 13.0 Å². The number of hydrogen-bond acceptors (Lipinski definition) is 3. The summed E-state index contributed by atoms with van der Waals surface area (Å²) < 4.78 is 5.52. The monoisotopic (exact) mass is 180 g/mol. The van der Waals surface area contributed by atoms with Crippen LogP contribution in [-0.2, 0) is 6.42 Å². The minimum Gasteiger partial charge on any atom is -0.466 e. The van der Waals surface area contributed by atoms with E-state index < -0.39 is 0 Å². The van der Waals surface area contributed by atoms with Crippen LogP contribution in [0.1, 0.15) is 11.5 Å². The molecule has 3 nitrogen and oxygen atoms in total. The maximum absolute atomic E-state index is 5.52. The van der Waals surface area contributed by atoms with E-state index in [4.69, 9.17) is 4.42 Å². The molecule has 0 spiro atoms. The van der Waals surface area contributed by atoms with Gasteiger partial charge in [0, 0.05) is 32.1 Å². The number of aryl methyl sites for hydroxylation is 1. The van der Waals surface area contributed by atoms with Crippen molar-refractivity contribution in [3.63, 3.8) is 0 Å². The van der Waals surface area contributed by atoms with E-state index in [0.29, 0.717) is 6.04 Å². The van der Waals surface area contributed by atoms with Gasteiger partial charge in [-0.15, -0.1) is 0 Å². The maximum Gasteiger partial charge on any atom is 0.105 e. The minimum atomic E-state index is 0.527. The lowest BCUT2D eigenvalue weighted by atomic mass is 10.1. The molecule has 0 radical (unpaired) electrons. The summed E-state index contributed by atoms with van der Waals surface area (Å²) in [5.74, 6) is 2.08. The Balaban J connectivity index is 1.89. The molecule has 2 N–H and O–H groups in total. The molecule has 3 heteroatoms. The molecule has 13 heavy (non-hydrogen) atoms. The molecule has 1 aromatic rings. The predicted octanol–water partition coefficient (Wildman–Crippen LogP) is 0.692. The van der Waals surface area contributed by atoms with Crippen molar-refractivity contribution in [1.82, 2.24) is 10.6 Å². The zero-order valence-electron chi connectivity index (χ0n) is 7.97. The van der Waals surface area contributed by atoms with Crippen LogP contribution in [0.25, 0.3) is 0 Å². The number of furan rings is 1. The molecule has 0 bridgehead atoms. The Morgan fingerprint density at radius 2 is 2.38 bits per heavy atom. The summed E-state index contributed by atoms with van der Waals surface area (Å²) >= 11 is 0. The van der Waals surface area contributed by atoms with E-state index in [-0.39, 0.29) is 0 Å². The van der Waals surface area contributed by atoms with Crippen molar-refractivity contribution in [2.45, 2.75) is 19.4 Å². The molecule has 0 aromatic carbocycles. The summed E-state index contributed by atoms with van der Waals surface area (Å²) in [5.41, 5.74) is 0. The molecule has 1 saturated heterocycles. The molecule has 1 aromatic heterocycles. The highest BCUT2D eigenvalue weighted by Gasteiger charge is 2.13. The Morgan fingerprint density at radius 3 is 3.00 bits per heavy atom. The fraction of sp³-hybridized carbons (Fsp3) is 0.600. The van der Waals surface area contributed by atoms with Crippen LogP contribution in [0.15, 0.2) is 16.5 Å². The number of nitrogens with one attached hydrogen (secondary N) is 2. The summed E-state index contributed by atoms with van der Waals surface area (Å²) in [7, 11) is 0. The van der Waals surface area contributed by atoms with Crippen LogP contribution in [-0.4, -0.2) is 25.7 Å². The van der Waals surface area contributed by atoms with Gasteiger partial charge in [-0.3, -0.25) is 0 Å². The standard InChI is InChI=1S/C10H16N2O/c1-8-2-3-10(13-8)6-9-7-11-4-5-12-9/h2-3,9,11-12H,4-7H2,1H3. The summed E-state index contributed by atoms with van der Waals surface area (Å²) in [4.78, 5) is 0. The molecule has 1 aliphatic rings. The Kier molecular flexibility index (Phi) is 2.66. The number of rotatable bonds is 2. The quantitative estimate of drug-likeness (QED) is 0.703. The second kappa shape index (κ2) is 3.94. The third-order valence-electron chi connectivity index (χ3n) is 2.37. The third kappa shape index (κ3) is 2.32. The van der Waals surface area contributed by atoms with E-state index in [1.54, 1.807) is 0 Å². The van der Waals surface area contributed by atoms with Crippen LogP contribution in [0.5, 0.6) is 0 Å². The first-order chi connectivity index (χ1) is 6.34. The lowest BCUT2D eigenvalue weighted by Gasteiger charge is -2.23. The SMILES string of the molecule is Cc1ccc(CC2CNCCN2)o1. The van der Waals surface area contributed by atoms with Crippen molar-refractivity contribution in [3.05, 3.63) is 23.7 Å². The van der Waals surface area contributed by atoms with E-state index in [2.05, 4.69) is 16.7 Å². The molecule has 72 valence electrons. The van der Waals surface area contributed by atoms with Gasteiger partial charge in [0.05, 0.1) is 0 Å². The normalized spacial score (nSPS) is 23.3. The molecule has 2 heterocycles. The highest BCUT2D eigenvalue weighted by Crippen LogP contribution is 2.09. The highest BCUT2D eigenvalue weighted by molar-refractivity contribution is 5.07. The van der Waals surface area contributed by atoms with E-state index >= 15 is 0 Å². The molecule has 2 rings (SSSR count). The van der Waals surface area contributed by atoms with Gasteiger partial charge in [-0.1, -0.05) is 0 Å². The van der Waals surface area contributed by atoms with Gasteiger partial charge in [-0.05, 0) is 19.1 Å². The lowest BCUT2D eigenvalue weighted by Crippen LogP contribution is -2.49. The Morgan fingerprint density at radius 1 is 1.46 bits per heavy atom. The largest absolute Gasteiger partial charge is 0.466 e. The van der Waals surface area contributed by atoms with Crippen LogP contribution < -0.4 is 10.6 Å². The second-order valence-electron chi connectivity index (χ2n) is 3.57. The minimum absolute atomic E-state index is 0.527. The van der Waals surface area contributed by atoms with Gasteiger partial charge in [0.15, 0.2) is 0 Å². The zero-order valence-corrected chi connectivity index (χ0v) is 7.97. The average molecular weight is 180 g/mol. The van der Waals surface area contributed by atoms with E-state index in [0.717, 1.165) is 37.6 Å². The Hall–Kier alpha value is -0.800. The van der Waals surface area contributed by atoms with Crippen LogP contribution in [0.3, 0.4) is 0 Å². The van der Waals surface area contributed by atoms with Gasteiger partial charge >= 0.3 is 0 Å². The lowest BCUT2D eigenvalue weighted by molar-refractivity contribution is 0.382. The van der Waals surface area contributed by atoms with E-state index in [1.165, 1.54) is 0 Å². The van der Waals surface area contributed by atoms with Crippen molar-refractivity contribution in [3.8, 4) is 0 Å². The van der Waals surface area contributed by atoms with Crippen LogP contribution >= 0.6 is 0 Å². The summed E-state index contributed by atoms with van der Waals surface area (Å²) in [6.07, 6.45) is 0.987. The van der Waals surface area contributed by atoms with Crippen LogP contribution in [0.4, 0.5) is 0 Å². The Bertz CT molecular complexity index is 264. The molecule has 0 saturated carbocycles. The van der Waals surface area contributed by atoms with Gasteiger partial charge in [-0.25, -0.2) is 0 Å². The predicted molar refractivity (Wildman–Crippen MR) is 51.8 cm³/mol. The zero-order chi connectivity index (χ0) is 9.10. The fourth-order valence-electron chi connectivity index (χ4n) is 1.70. The summed E-state index contributed by atoms with van der Waals surface area (Å²) in [5, 5.41) is 6.81. The van der Waals surface area contributed by atoms with Crippen LogP contribution in [0.2, 0.25) is 0 Å². The Labute approximate surface area is 78.5 Å². The average Bonchev–Trinajstić information content (AvgIpc) is 2.53. The van der Waals surface area contributed by atoms with E-state index in [9.17, 15) is 0 Å². The van der Waals surface area contributed by atoms with Crippen molar-refractivity contribution >= 4 is 0 Å². The summed E-state index contributed by atoms with van der Waals surface area (Å²) in [6.45, 7) is 5.16. The third-order valence-corrected chi connectivity index (χ3v) is 2.37. The second-order valence-corrected chi connectivity index (χ2v) is 3.57. The van der Waals surface area contributed by atoms with Gasteiger partial charge < -0.3 is 15.1 Å². The van der Waals surface area contributed by atoms with Gasteiger partial charge in [-0.2, -0.15) is 0 Å². The van der Waals surface area contributed by atoms with Crippen LogP contribution in [0, 0.1) is 6.92 Å². The molecular weight excluding hydrogens is 164 g/mol. The fourth-order valence-corrected chi connectivity index (χ4v) is 1.70. The van der Waals surface area contributed by atoms with Crippen molar-refractivity contribution in [1.29, 1.82) is 0 Å². The number of hydrogen-bond donors (Lipinski definition) is 2. The van der Waals surface area contributed by atoms with Crippen molar-refractivity contribution in [2.75, 3.05) is 19.6 Å². The van der Waals surface area contributed by atoms with Gasteiger partial charge in [0.1, 0.15) is 11.5 Å². The van der Waals surface area contributed by atoms with Gasteiger partial charge in [0.2, 0.25) is 0 Å². The first kappa shape index (κ1) is 8.78.